The number of hydrogen-bond acceptors (Lipinski definition) is 6. The molecule has 1 aliphatic heterocycles. The van der Waals surface area contributed by atoms with Crippen molar-refractivity contribution in [3.8, 4) is 0 Å². The first kappa shape index (κ1) is 26.2. The lowest BCUT2D eigenvalue weighted by Gasteiger charge is -2.34. The number of sulfone groups is 1. The Kier molecular flexibility index (Phi) is 8.38. The van der Waals surface area contributed by atoms with Crippen LogP contribution < -0.4 is 10.2 Å². The number of anilines is 1. The van der Waals surface area contributed by atoms with Gasteiger partial charge in [0.1, 0.15) is 0 Å². The summed E-state index contributed by atoms with van der Waals surface area (Å²) in [7, 11) is -3.74. The highest BCUT2D eigenvalue weighted by Crippen LogP contribution is 2.23. The van der Waals surface area contributed by atoms with E-state index in [0.717, 1.165) is 42.7 Å². The SMILES string of the molecule is Cc1cc(N2CCC(NC(=O)CC(C)S(=O)(=O)c3ccc4cc(Cl)ccc4n3)CC2)ccn1.Cl. The fraction of sp³-hybridized carbons (Fsp3) is 0.375. The molecule has 1 N–H and O–H groups in total. The summed E-state index contributed by atoms with van der Waals surface area (Å²) in [6.07, 6.45) is 3.32. The van der Waals surface area contributed by atoms with Gasteiger partial charge in [0.2, 0.25) is 5.91 Å². The van der Waals surface area contributed by atoms with Crippen LogP contribution in [0.3, 0.4) is 0 Å². The summed E-state index contributed by atoms with van der Waals surface area (Å²) in [6.45, 7) is 5.17. The van der Waals surface area contributed by atoms with E-state index >= 15 is 0 Å². The van der Waals surface area contributed by atoms with Gasteiger partial charge in [-0.25, -0.2) is 13.4 Å². The van der Waals surface area contributed by atoms with Crippen molar-refractivity contribution in [2.45, 2.75) is 49.4 Å². The number of amides is 1. The molecular formula is C24H28Cl2N4O3S. The third kappa shape index (κ3) is 5.98. The van der Waals surface area contributed by atoms with Crippen molar-refractivity contribution in [1.82, 2.24) is 15.3 Å². The van der Waals surface area contributed by atoms with Gasteiger partial charge in [0.15, 0.2) is 14.9 Å². The Balaban J connectivity index is 0.00000324. The van der Waals surface area contributed by atoms with Crippen molar-refractivity contribution in [1.29, 1.82) is 0 Å². The molecule has 3 aromatic rings. The van der Waals surface area contributed by atoms with Crippen molar-refractivity contribution in [3.63, 3.8) is 0 Å². The smallest absolute Gasteiger partial charge is 0.221 e. The summed E-state index contributed by atoms with van der Waals surface area (Å²) in [6, 6.07) is 12.3. The largest absolute Gasteiger partial charge is 0.371 e. The van der Waals surface area contributed by atoms with Gasteiger partial charge in [-0.05, 0) is 69.2 Å². The molecule has 182 valence electrons. The summed E-state index contributed by atoms with van der Waals surface area (Å²) in [5.74, 6) is -0.253. The topological polar surface area (TPSA) is 92.3 Å². The monoisotopic (exact) mass is 522 g/mol. The van der Waals surface area contributed by atoms with Gasteiger partial charge in [-0.15, -0.1) is 12.4 Å². The number of hydrogen-bond donors (Lipinski definition) is 1. The highest BCUT2D eigenvalue weighted by Gasteiger charge is 2.29. The van der Waals surface area contributed by atoms with Crippen LogP contribution in [-0.4, -0.2) is 48.7 Å². The molecule has 3 heterocycles. The third-order valence-corrected chi connectivity index (χ3v) is 8.30. The van der Waals surface area contributed by atoms with Crippen LogP contribution in [0.15, 0.2) is 53.7 Å². The van der Waals surface area contributed by atoms with Crippen LogP contribution in [0.4, 0.5) is 5.69 Å². The maximum Gasteiger partial charge on any atom is 0.221 e. The van der Waals surface area contributed by atoms with E-state index in [1.165, 1.54) is 6.07 Å². The molecule has 2 aromatic heterocycles. The van der Waals surface area contributed by atoms with Crippen LogP contribution in [0.2, 0.25) is 5.02 Å². The van der Waals surface area contributed by atoms with Gasteiger partial charge in [0.05, 0.1) is 10.8 Å². The summed E-state index contributed by atoms with van der Waals surface area (Å²) in [5.41, 5.74) is 2.66. The number of piperidine rings is 1. The standard InChI is InChI=1S/C24H27ClN4O3S.ClH/c1-16-13-21(7-10-26-16)29-11-8-20(9-12-29)27-23(30)14-17(2)33(31,32)24-6-3-18-15-19(25)4-5-22(18)28-24;/h3-7,10,13,15,17,20H,8-9,11-12,14H2,1-2H3,(H,27,30);1H. The number of pyridine rings is 2. The Morgan fingerprint density at radius 1 is 1.18 bits per heavy atom. The molecule has 1 aromatic carbocycles. The minimum absolute atomic E-state index is 0. The highest BCUT2D eigenvalue weighted by molar-refractivity contribution is 7.92. The van der Waals surface area contributed by atoms with E-state index in [1.54, 1.807) is 37.4 Å². The first-order valence-corrected chi connectivity index (χ1v) is 12.9. The van der Waals surface area contributed by atoms with E-state index in [1.807, 2.05) is 13.0 Å². The van der Waals surface area contributed by atoms with Crippen LogP contribution in [0, 0.1) is 6.92 Å². The highest BCUT2D eigenvalue weighted by atomic mass is 35.5. The molecule has 7 nitrogen and oxygen atoms in total. The quantitative estimate of drug-likeness (QED) is 0.517. The summed E-state index contributed by atoms with van der Waals surface area (Å²) >= 11 is 5.99. The third-order valence-electron chi connectivity index (χ3n) is 6.03. The lowest BCUT2D eigenvalue weighted by atomic mass is 10.0. The van der Waals surface area contributed by atoms with Crippen LogP contribution in [0.1, 0.15) is 31.9 Å². The average Bonchev–Trinajstić information content (AvgIpc) is 2.79. The summed E-state index contributed by atoms with van der Waals surface area (Å²) in [4.78, 5) is 23.4. The van der Waals surface area contributed by atoms with Crippen molar-refractivity contribution >= 4 is 56.3 Å². The number of nitrogens with one attached hydrogen (secondary N) is 1. The molecule has 1 amide bonds. The number of carbonyl (C=O) groups is 1. The Bertz CT molecular complexity index is 1280. The number of rotatable bonds is 6. The molecule has 0 aliphatic carbocycles. The molecule has 4 rings (SSSR count). The fourth-order valence-electron chi connectivity index (χ4n) is 4.11. The molecule has 10 heteroatoms. The first-order chi connectivity index (χ1) is 15.7. The van der Waals surface area contributed by atoms with Crippen LogP contribution >= 0.6 is 24.0 Å². The lowest BCUT2D eigenvalue weighted by molar-refractivity contribution is -0.121. The van der Waals surface area contributed by atoms with E-state index in [4.69, 9.17) is 11.6 Å². The molecule has 1 unspecified atom stereocenters. The van der Waals surface area contributed by atoms with Gasteiger partial charge in [-0.2, -0.15) is 0 Å². The van der Waals surface area contributed by atoms with Gasteiger partial charge in [0, 0.05) is 53.5 Å². The molecule has 0 radical (unpaired) electrons. The molecule has 0 bridgehead atoms. The maximum atomic E-state index is 13.0. The van der Waals surface area contributed by atoms with Crippen molar-refractivity contribution in [2.24, 2.45) is 0 Å². The molecule has 1 fully saturated rings. The van der Waals surface area contributed by atoms with E-state index in [2.05, 4.69) is 26.3 Å². The van der Waals surface area contributed by atoms with Crippen LogP contribution in [0.25, 0.3) is 10.9 Å². The maximum absolute atomic E-state index is 13.0. The predicted octanol–water partition coefficient (Wildman–Crippen LogP) is 4.35. The number of benzene rings is 1. The zero-order valence-corrected chi connectivity index (χ0v) is 21.5. The van der Waals surface area contributed by atoms with Crippen LogP contribution in [0.5, 0.6) is 0 Å². The van der Waals surface area contributed by atoms with Gasteiger partial charge < -0.3 is 10.2 Å². The van der Waals surface area contributed by atoms with Crippen molar-refractivity contribution < 1.29 is 13.2 Å². The molecular weight excluding hydrogens is 495 g/mol. The predicted molar refractivity (Wildman–Crippen MR) is 138 cm³/mol. The van der Waals surface area contributed by atoms with Crippen molar-refractivity contribution in [3.05, 3.63) is 59.4 Å². The Morgan fingerprint density at radius 3 is 2.62 bits per heavy atom. The van der Waals surface area contributed by atoms with Gasteiger partial charge >= 0.3 is 0 Å². The van der Waals surface area contributed by atoms with Crippen molar-refractivity contribution in [2.75, 3.05) is 18.0 Å². The van der Waals surface area contributed by atoms with E-state index < -0.39 is 15.1 Å². The molecule has 0 saturated carbocycles. The van der Waals surface area contributed by atoms with Gasteiger partial charge in [-0.1, -0.05) is 11.6 Å². The molecule has 1 atom stereocenters. The average molecular weight is 523 g/mol. The Labute approximate surface area is 211 Å². The first-order valence-electron chi connectivity index (χ1n) is 11.0. The Morgan fingerprint density at radius 2 is 1.91 bits per heavy atom. The fourth-order valence-corrected chi connectivity index (χ4v) is 5.56. The zero-order chi connectivity index (χ0) is 23.6. The number of aromatic nitrogens is 2. The molecule has 1 aliphatic rings. The number of halogens is 2. The van der Waals surface area contributed by atoms with E-state index in [-0.39, 0.29) is 35.8 Å². The summed E-state index contributed by atoms with van der Waals surface area (Å²) < 4.78 is 26.0. The van der Waals surface area contributed by atoms with E-state index in [9.17, 15) is 13.2 Å². The normalized spacial score (nSPS) is 15.6. The minimum Gasteiger partial charge on any atom is -0.371 e. The second-order valence-corrected chi connectivity index (χ2v) is 11.3. The number of aryl methyl sites for hydroxylation is 1. The van der Waals surface area contributed by atoms with Gasteiger partial charge in [-0.3, -0.25) is 9.78 Å². The molecule has 0 spiro atoms. The second kappa shape index (κ2) is 10.9. The minimum atomic E-state index is -3.74. The molecule has 34 heavy (non-hydrogen) atoms. The lowest BCUT2D eigenvalue weighted by Crippen LogP contribution is -2.45. The molecule has 1 saturated heterocycles. The van der Waals surface area contributed by atoms with E-state index in [0.29, 0.717) is 10.5 Å². The number of nitrogens with zero attached hydrogens (tertiary/aromatic N) is 3. The number of carbonyl (C=O) groups excluding carboxylic acids is 1. The second-order valence-electron chi connectivity index (χ2n) is 8.53. The zero-order valence-electron chi connectivity index (χ0n) is 19.1. The van der Waals surface area contributed by atoms with Crippen LogP contribution in [-0.2, 0) is 14.6 Å². The number of fused-ring (bicyclic) bond motifs is 1. The van der Waals surface area contributed by atoms with Gasteiger partial charge in [0.25, 0.3) is 0 Å². The summed E-state index contributed by atoms with van der Waals surface area (Å²) in [5, 5.41) is 3.43. The Hall–Kier alpha value is -2.42.